The van der Waals surface area contributed by atoms with Crippen LogP contribution in [0.3, 0.4) is 0 Å². The summed E-state index contributed by atoms with van der Waals surface area (Å²) in [6.45, 7) is 11.2. The van der Waals surface area contributed by atoms with E-state index in [1.807, 2.05) is 0 Å². The first kappa shape index (κ1) is 27.2. The van der Waals surface area contributed by atoms with Gasteiger partial charge in [0.15, 0.2) is 0 Å². The quantitative estimate of drug-likeness (QED) is 0.147. The van der Waals surface area contributed by atoms with Crippen LogP contribution in [0.5, 0.6) is 0 Å². The molecular weight excluding hydrogens is 516 g/mol. The van der Waals surface area contributed by atoms with Crippen LogP contribution in [0.15, 0.2) is 109 Å². The molecule has 210 valence electrons. The van der Waals surface area contributed by atoms with Gasteiger partial charge in [0.05, 0.1) is 0 Å². The van der Waals surface area contributed by atoms with Crippen LogP contribution in [0.1, 0.15) is 48.1 Å². The minimum atomic E-state index is 1.03. The molecule has 0 radical (unpaired) electrons. The smallest absolute Gasteiger partial charge is 0.00201 e. The molecule has 0 unspecified atom stereocenters. The molecule has 0 nitrogen and oxygen atoms in total. The number of benzene rings is 7. The lowest BCUT2D eigenvalue weighted by Gasteiger charge is -2.21. The summed E-state index contributed by atoms with van der Waals surface area (Å²) < 4.78 is 0. The van der Waals surface area contributed by atoms with E-state index in [9.17, 15) is 0 Å². The maximum Gasteiger partial charge on any atom is -0.00201 e. The van der Waals surface area contributed by atoms with Gasteiger partial charge < -0.3 is 0 Å². The van der Waals surface area contributed by atoms with Crippen molar-refractivity contribution in [1.82, 2.24) is 0 Å². The zero-order chi connectivity index (χ0) is 29.7. The summed E-state index contributed by atoms with van der Waals surface area (Å²) in [6.07, 6.45) is 6.64. The van der Waals surface area contributed by atoms with Crippen LogP contribution in [0, 0.1) is 20.8 Å². The number of hydrogen-bond donors (Lipinski definition) is 0. The van der Waals surface area contributed by atoms with Gasteiger partial charge in [-0.1, -0.05) is 129 Å². The fourth-order valence-electron chi connectivity index (χ4n) is 7.39. The second kappa shape index (κ2) is 10.9. The van der Waals surface area contributed by atoms with E-state index in [-0.39, 0.29) is 0 Å². The van der Waals surface area contributed by atoms with Gasteiger partial charge in [-0.15, -0.1) is 0 Å². The van der Waals surface area contributed by atoms with Gasteiger partial charge in [0.2, 0.25) is 0 Å². The van der Waals surface area contributed by atoms with Crippen molar-refractivity contribution in [1.29, 1.82) is 0 Å². The second-order valence-electron chi connectivity index (χ2n) is 12.0. The van der Waals surface area contributed by atoms with E-state index >= 15 is 0 Å². The average Bonchev–Trinajstić information content (AvgIpc) is 3.02. The van der Waals surface area contributed by atoms with E-state index in [2.05, 4.69) is 150 Å². The van der Waals surface area contributed by atoms with Crippen LogP contribution in [-0.2, 0) is 6.42 Å². The standard InChI is InChI=1S/C43H38/c1-6-8-14-31-26-40-32(25-30(31)7-2)21-22-34-33(40)19-13-20-35(34)42-36-15-9-11-17-38(36)43(39-18-12-10-16-37(39)42)41-28(4)23-27(3)24-29(41)5/h8-26H,6-7H2,1-5H3/b14-8-. The van der Waals surface area contributed by atoms with E-state index in [0.717, 1.165) is 12.8 Å². The molecule has 0 N–H and O–H groups in total. The zero-order valence-electron chi connectivity index (χ0n) is 25.9. The maximum atomic E-state index is 2.41. The summed E-state index contributed by atoms with van der Waals surface area (Å²) in [5.74, 6) is 0. The van der Waals surface area contributed by atoms with E-state index in [4.69, 9.17) is 0 Å². The Hall–Kier alpha value is -4.68. The molecule has 0 aliphatic carbocycles. The van der Waals surface area contributed by atoms with Crippen LogP contribution in [0.2, 0.25) is 0 Å². The van der Waals surface area contributed by atoms with E-state index in [1.165, 1.54) is 93.2 Å². The third kappa shape index (κ3) is 4.45. The number of fused-ring (bicyclic) bond motifs is 5. The maximum absolute atomic E-state index is 2.41. The highest BCUT2D eigenvalue weighted by Gasteiger charge is 2.20. The lowest BCUT2D eigenvalue weighted by molar-refractivity contribution is 1.14. The molecule has 0 fully saturated rings. The van der Waals surface area contributed by atoms with Crippen molar-refractivity contribution >= 4 is 49.2 Å². The number of rotatable bonds is 5. The summed E-state index contributed by atoms with van der Waals surface area (Å²) in [6, 6.07) is 39.0. The summed E-state index contributed by atoms with van der Waals surface area (Å²) in [5.41, 5.74) is 12.0. The van der Waals surface area contributed by atoms with Gasteiger partial charge in [0.25, 0.3) is 0 Å². The van der Waals surface area contributed by atoms with Crippen LogP contribution in [0.4, 0.5) is 0 Å². The Labute approximate surface area is 255 Å². The molecule has 0 spiro atoms. The van der Waals surface area contributed by atoms with Gasteiger partial charge in [-0.25, -0.2) is 0 Å². The summed E-state index contributed by atoms with van der Waals surface area (Å²) in [4.78, 5) is 0. The highest BCUT2D eigenvalue weighted by atomic mass is 14.2. The molecule has 0 atom stereocenters. The molecule has 7 aromatic carbocycles. The molecule has 0 aliphatic heterocycles. The Morgan fingerprint density at radius 3 is 1.72 bits per heavy atom. The molecule has 0 saturated heterocycles. The summed E-state index contributed by atoms with van der Waals surface area (Å²) in [7, 11) is 0. The molecule has 0 bridgehead atoms. The van der Waals surface area contributed by atoms with Gasteiger partial charge in [-0.2, -0.15) is 0 Å². The number of allylic oxidation sites excluding steroid dienone is 1. The molecule has 0 aliphatic rings. The highest BCUT2D eigenvalue weighted by Crippen LogP contribution is 2.47. The summed E-state index contributed by atoms with van der Waals surface area (Å²) >= 11 is 0. The Bertz CT molecular complexity index is 2140. The SMILES string of the molecule is CC/C=C\c1cc2c(ccc3c(-c4c5ccccc5c(-c5c(C)cc(C)cc5C)c5ccccc45)cccc32)cc1CC. The van der Waals surface area contributed by atoms with Crippen molar-refractivity contribution in [2.24, 2.45) is 0 Å². The topological polar surface area (TPSA) is 0 Å². The van der Waals surface area contributed by atoms with E-state index in [1.54, 1.807) is 0 Å². The third-order valence-corrected chi connectivity index (χ3v) is 9.18. The zero-order valence-corrected chi connectivity index (χ0v) is 25.9. The fraction of sp³-hybridized carbons (Fsp3) is 0.163. The average molecular weight is 555 g/mol. The van der Waals surface area contributed by atoms with Gasteiger partial charge in [0, 0.05) is 0 Å². The first-order valence-corrected chi connectivity index (χ1v) is 15.7. The van der Waals surface area contributed by atoms with Crippen molar-refractivity contribution in [2.75, 3.05) is 0 Å². The van der Waals surface area contributed by atoms with Crippen LogP contribution in [-0.4, -0.2) is 0 Å². The van der Waals surface area contributed by atoms with Crippen molar-refractivity contribution < 1.29 is 0 Å². The Morgan fingerprint density at radius 1 is 0.512 bits per heavy atom. The lowest BCUT2D eigenvalue weighted by atomic mass is 9.82. The molecule has 0 saturated carbocycles. The van der Waals surface area contributed by atoms with Crippen molar-refractivity contribution in [3.8, 4) is 22.3 Å². The van der Waals surface area contributed by atoms with Gasteiger partial charge >= 0.3 is 0 Å². The van der Waals surface area contributed by atoms with Crippen molar-refractivity contribution in [3.05, 3.63) is 137 Å². The second-order valence-corrected chi connectivity index (χ2v) is 12.0. The Balaban J connectivity index is 1.60. The van der Waals surface area contributed by atoms with Crippen LogP contribution >= 0.6 is 0 Å². The molecule has 0 aromatic heterocycles. The van der Waals surface area contributed by atoms with Gasteiger partial charge in [-0.3, -0.25) is 0 Å². The first-order valence-electron chi connectivity index (χ1n) is 15.7. The Kier molecular flexibility index (Phi) is 6.86. The van der Waals surface area contributed by atoms with Gasteiger partial charge in [0.1, 0.15) is 0 Å². The number of aryl methyl sites for hydroxylation is 4. The van der Waals surface area contributed by atoms with Crippen molar-refractivity contribution in [2.45, 2.75) is 47.5 Å². The predicted octanol–water partition coefficient (Wildman–Crippen LogP) is 12.5. The molecule has 0 heterocycles. The summed E-state index contributed by atoms with van der Waals surface area (Å²) in [5, 5.41) is 10.5. The highest BCUT2D eigenvalue weighted by molar-refractivity contribution is 6.25. The third-order valence-electron chi connectivity index (χ3n) is 9.18. The monoisotopic (exact) mass is 554 g/mol. The van der Waals surface area contributed by atoms with Crippen LogP contribution in [0.25, 0.3) is 71.4 Å². The molecule has 7 aromatic rings. The molecule has 7 rings (SSSR count). The van der Waals surface area contributed by atoms with Crippen molar-refractivity contribution in [3.63, 3.8) is 0 Å². The lowest BCUT2D eigenvalue weighted by Crippen LogP contribution is -1.95. The molecule has 43 heavy (non-hydrogen) atoms. The minimum absolute atomic E-state index is 1.03. The first-order chi connectivity index (χ1) is 21.0. The Morgan fingerprint density at radius 2 is 1.12 bits per heavy atom. The largest absolute Gasteiger partial charge is 0.0842 e. The van der Waals surface area contributed by atoms with E-state index < -0.39 is 0 Å². The number of hydrogen-bond acceptors (Lipinski definition) is 0. The fourth-order valence-corrected chi connectivity index (χ4v) is 7.39. The molecule has 0 amide bonds. The van der Waals surface area contributed by atoms with E-state index in [0.29, 0.717) is 0 Å². The van der Waals surface area contributed by atoms with Crippen LogP contribution < -0.4 is 0 Å². The molecule has 0 heteroatoms. The van der Waals surface area contributed by atoms with Gasteiger partial charge in [-0.05, 0) is 127 Å². The normalized spacial score (nSPS) is 11.9. The molecular formula is C43H38. The minimum Gasteiger partial charge on any atom is -0.0842 e. The predicted molar refractivity (Wildman–Crippen MR) is 190 cm³/mol.